The third kappa shape index (κ3) is 3.56. The summed E-state index contributed by atoms with van der Waals surface area (Å²) in [5.74, 6) is 1.60. The van der Waals surface area contributed by atoms with Crippen molar-refractivity contribution in [3.8, 4) is 0 Å². The highest BCUT2D eigenvalue weighted by Crippen LogP contribution is 2.35. The fourth-order valence-electron chi connectivity index (χ4n) is 2.94. The molecule has 0 spiro atoms. The zero-order chi connectivity index (χ0) is 13.7. The Bertz CT molecular complexity index is 433. The summed E-state index contributed by atoms with van der Waals surface area (Å²) in [6.07, 6.45) is 8.57. The van der Waals surface area contributed by atoms with Crippen molar-refractivity contribution in [1.29, 1.82) is 0 Å². The molecule has 1 aromatic rings. The minimum atomic E-state index is -0.441. The smallest absolute Gasteiger partial charge is 0.108 e. The van der Waals surface area contributed by atoms with Crippen LogP contribution in [0.25, 0.3) is 5.57 Å². The summed E-state index contributed by atoms with van der Waals surface area (Å²) in [7, 11) is 0. The van der Waals surface area contributed by atoms with E-state index in [0.717, 1.165) is 17.1 Å². The second kappa shape index (κ2) is 6.70. The minimum Gasteiger partial charge on any atom is -0.247 e. The molecule has 19 heavy (non-hydrogen) atoms. The third-order valence-corrected chi connectivity index (χ3v) is 4.25. The molecule has 1 aliphatic rings. The molecule has 0 amide bonds. The lowest BCUT2D eigenvalue weighted by atomic mass is 9.79. The molecule has 0 bridgehead atoms. The van der Waals surface area contributed by atoms with Crippen LogP contribution in [0, 0.1) is 5.92 Å². The predicted octanol–water partition coefficient (Wildman–Crippen LogP) is 5.52. The zero-order valence-electron chi connectivity index (χ0n) is 11.7. The second-order valence-electron chi connectivity index (χ2n) is 5.60. The normalized spacial score (nSPS) is 24.2. The molecule has 0 radical (unpaired) electrons. The Balaban J connectivity index is 2.10. The monoisotopic (exact) mass is 258 g/mol. The van der Waals surface area contributed by atoms with Crippen molar-refractivity contribution in [2.75, 3.05) is 6.67 Å². The summed E-state index contributed by atoms with van der Waals surface area (Å²) in [5.41, 5.74) is 3.37. The van der Waals surface area contributed by atoms with Gasteiger partial charge < -0.3 is 0 Å². The van der Waals surface area contributed by atoms with Gasteiger partial charge in [-0.1, -0.05) is 56.7 Å². The Morgan fingerprint density at radius 3 is 2.37 bits per heavy atom. The molecule has 0 atom stereocenters. The number of hydrogen-bond acceptors (Lipinski definition) is 0. The second-order valence-corrected chi connectivity index (χ2v) is 5.60. The maximum absolute atomic E-state index is 12.4. The largest absolute Gasteiger partial charge is 0.247 e. The van der Waals surface area contributed by atoms with Crippen molar-refractivity contribution in [3.05, 3.63) is 54.1 Å². The summed E-state index contributed by atoms with van der Waals surface area (Å²) in [5, 5.41) is 0. The molecule has 0 saturated heterocycles. The van der Waals surface area contributed by atoms with Crippen LogP contribution in [-0.2, 0) is 0 Å². The molecular formula is C18H23F. The number of alkyl halides is 1. The van der Waals surface area contributed by atoms with Crippen molar-refractivity contribution in [2.24, 2.45) is 5.92 Å². The van der Waals surface area contributed by atoms with Gasteiger partial charge in [0.1, 0.15) is 6.67 Å². The van der Waals surface area contributed by atoms with Gasteiger partial charge in [0.2, 0.25) is 0 Å². The number of benzene rings is 1. The SMILES string of the molecule is C=C/C(=C\CF)c1ccc(C2CCC(C)CC2)cc1. The van der Waals surface area contributed by atoms with Gasteiger partial charge in [0.05, 0.1) is 0 Å². The summed E-state index contributed by atoms with van der Waals surface area (Å²) in [6.45, 7) is 5.65. The lowest BCUT2D eigenvalue weighted by Gasteiger charge is -2.26. The highest BCUT2D eigenvalue weighted by Gasteiger charge is 2.19. The molecule has 2 rings (SSSR count). The van der Waals surface area contributed by atoms with Crippen molar-refractivity contribution in [2.45, 2.75) is 38.5 Å². The lowest BCUT2D eigenvalue weighted by Crippen LogP contribution is -2.10. The predicted molar refractivity (Wildman–Crippen MR) is 81.0 cm³/mol. The molecule has 0 unspecified atom stereocenters. The van der Waals surface area contributed by atoms with Gasteiger partial charge in [-0.15, -0.1) is 0 Å². The van der Waals surface area contributed by atoms with Crippen LogP contribution in [0.15, 0.2) is 43.0 Å². The number of hydrogen-bond donors (Lipinski definition) is 0. The van der Waals surface area contributed by atoms with E-state index in [0.29, 0.717) is 5.92 Å². The molecule has 1 aliphatic carbocycles. The first-order chi connectivity index (χ1) is 9.24. The van der Waals surface area contributed by atoms with Crippen LogP contribution in [0.3, 0.4) is 0 Å². The molecule has 0 aromatic heterocycles. The van der Waals surface area contributed by atoms with E-state index < -0.39 is 6.67 Å². The maximum Gasteiger partial charge on any atom is 0.108 e. The van der Waals surface area contributed by atoms with Gasteiger partial charge in [-0.2, -0.15) is 0 Å². The van der Waals surface area contributed by atoms with Gasteiger partial charge in [-0.05, 0) is 47.5 Å². The van der Waals surface area contributed by atoms with Gasteiger partial charge in [-0.3, -0.25) is 0 Å². The highest BCUT2D eigenvalue weighted by molar-refractivity contribution is 5.73. The number of allylic oxidation sites excluding steroid dienone is 3. The Labute approximate surface area is 116 Å². The molecule has 102 valence electrons. The third-order valence-electron chi connectivity index (χ3n) is 4.25. The first-order valence-electron chi connectivity index (χ1n) is 7.23. The van der Waals surface area contributed by atoms with Crippen LogP contribution in [-0.4, -0.2) is 6.67 Å². The van der Waals surface area contributed by atoms with Gasteiger partial charge in [-0.25, -0.2) is 4.39 Å². The Kier molecular flexibility index (Phi) is 4.95. The summed E-state index contributed by atoms with van der Waals surface area (Å²) in [6, 6.07) is 8.59. The van der Waals surface area contributed by atoms with Gasteiger partial charge in [0, 0.05) is 0 Å². The standard InChI is InChI=1S/C18H23F/c1-3-15(12-13-19)16-8-10-18(11-9-16)17-6-4-14(2)5-7-17/h3,8-12,14,17H,1,4-7,13H2,2H3/b15-12+. The van der Waals surface area contributed by atoms with Crippen molar-refractivity contribution in [1.82, 2.24) is 0 Å². The molecule has 1 fully saturated rings. The molecule has 0 nitrogen and oxygen atoms in total. The Morgan fingerprint density at radius 2 is 1.84 bits per heavy atom. The quantitative estimate of drug-likeness (QED) is 0.624. The number of halogens is 1. The first-order valence-corrected chi connectivity index (χ1v) is 7.23. The fraction of sp³-hybridized carbons (Fsp3) is 0.444. The van der Waals surface area contributed by atoms with E-state index in [1.165, 1.54) is 31.2 Å². The molecule has 1 saturated carbocycles. The van der Waals surface area contributed by atoms with Crippen LogP contribution in [0.4, 0.5) is 4.39 Å². The molecule has 1 aromatic carbocycles. The summed E-state index contributed by atoms with van der Waals surface area (Å²) >= 11 is 0. The Hall–Kier alpha value is -1.37. The van der Waals surface area contributed by atoms with Gasteiger partial charge >= 0.3 is 0 Å². The summed E-state index contributed by atoms with van der Waals surface area (Å²) < 4.78 is 12.4. The van der Waals surface area contributed by atoms with Gasteiger partial charge in [0.15, 0.2) is 0 Å². The minimum absolute atomic E-state index is 0.441. The number of rotatable bonds is 4. The van der Waals surface area contributed by atoms with Crippen molar-refractivity contribution >= 4 is 5.57 Å². The molecule has 0 aliphatic heterocycles. The lowest BCUT2D eigenvalue weighted by molar-refractivity contribution is 0.348. The zero-order valence-corrected chi connectivity index (χ0v) is 11.7. The average Bonchev–Trinajstić information content (AvgIpc) is 2.46. The van der Waals surface area contributed by atoms with E-state index in [4.69, 9.17) is 0 Å². The van der Waals surface area contributed by atoms with E-state index in [1.54, 1.807) is 12.2 Å². The molecule has 1 heteroatoms. The highest BCUT2D eigenvalue weighted by atomic mass is 19.1. The van der Waals surface area contributed by atoms with Gasteiger partial charge in [0.25, 0.3) is 0 Å². The topological polar surface area (TPSA) is 0 Å². The average molecular weight is 258 g/mol. The van der Waals surface area contributed by atoms with Crippen molar-refractivity contribution in [3.63, 3.8) is 0 Å². The van der Waals surface area contributed by atoms with E-state index in [9.17, 15) is 4.39 Å². The van der Waals surface area contributed by atoms with Crippen LogP contribution >= 0.6 is 0 Å². The van der Waals surface area contributed by atoms with Crippen LogP contribution < -0.4 is 0 Å². The van der Waals surface area contributed by atoms with E-state index in [1.807, 2.05) is 0 Å². The molecule has 0 N–H and O–H groups in total. The van der Waals surface area contributed by atoms with Crippen molar-refractivity contribution < 1.29 is 4.39 Å². The molecule has 0 heterocycles. The molecular weight excluding hydrogens is 235 g/mol. The first kappa shape index (κ1) is 14.0. The summed E-state index contributed by atoms with van der Waals surface area (Å²) in [4.78, 5) is 0. The van der Waals surface area contributed by atoms with Crippen LogP contribution in [0.5, 0.6) is 0 Å². The fourth-order valence-corrected chi connectivity index (χ4v) is 2.94. The van der Waals surface area contributed by atoms with Crippen LogP contribution in [0.1, 0.15) is 49.7 Å². The van der Waals surface area contributed by atoms with Crippen LogP contribution in [0.2, 0.25) is 0 Å². The Morgan fingerprint density at radius 1 is 1.21 bits per heavy atom. The van der Waals surface area contributed by atoms with E-state index in [-0.39, 0.29) is 0 Å². The van der Waals surface area contributed by atoms with E-state index >= 15 is 0 Å². The maximum atomic E-state index is 12.4. The van der Waals surface area contributed by atoms with E-state index in [2.05, 4.69) is 37.8 Å².